The van der Waals surface area contributed by atoms with Gasteiger partial charge in [0.1, 0.15) is 4.47 Å². The fourth-order valence-electron chi connectivity index (χ4n) is 0.961. The molecule has 0 aliphatic heterocycles. The van der Waals surface area contributed by atoms with Crippen molar-refractivity contribution >= 4 is 15.9 Å². The second-order valence-corrected chi connectivity index (χ2v) is 3.60. The molecule has 0 saturated heterocycles. The Balaban J connectivity index is 2.95. The minimum absolute atomic E-state index is 0.0702. The van der Waals surface area contributed by atoms with Gasteiger partial charge >= 0.3 is 0 Å². The Morgan fingerprint density at radius 2 is 2.36 bits per heavy atom. The summed E-state index contributed by atoms with van der Waals surface area (Å²) in [6.07, 6.45) is 5.17. The Hall–Kier alpha value is -0.940. The summed E-state index contributed by atoms with van der Waals surface area (Å²) in [4.78, 5) is 15.7. The van der Waals surface area contributed by atoms with Crippen molar-refractivity contribution < 1.29 is 0 Å². The van der Waals surface area contributed by atoms with Crippen LogP contribution in [0.5, 0.6) is 0 Å². The second-order valence-electron chi connectivity index (χ2n) is 2.81. The van der Waals surface area contributed by atoms with Gasteiger partial charge in [-0.2, -0.15) is 0 Å². The summed E-state index contributed by atoms with van der Waals surface area (Å²) in [5.41, 5.74) is 5.92. The molecule has 2 N–H and O–H groups in total. The monoisotopic (exact) mass is 257 g/mol. The first-order valence-corrected chi connectivity index (χ1v) is 5.02. The fraction of sp³-hybridized carbons (Fsp3) is 0.333. The van der Waals surface area contributed by atoms with Crippen LogP contribution in [-0.4, -0.2) is 16.1 Å². The Morgan fingerprint density at radius 1 is 1.64 bits per heavy atom. The van der Waals surface area contributed by atoms with E-state index in [0.29, 0.717) is 23.3 Å². The van der Waals surface area contributed by atoms with E-state index in [-0.39, 0.29) is 5.56 Å². The van der Waals surface area contributed by atoms with Crippen molar-refractivity contribution in [1.29, 1.82) is 0 Å². The molecule has 1 rings (SSSR count). The van der Waals surface area contributed by atoms with E-state index < -0.39 is 0 Å². The van der Waals surface area contributed by atoms with E-state index in [0.717, 1.165) is 0 Å². The smallest absolute Gasteiger partial charge is 0.268 e. The third-order valence-corrected chi connectivity index (χ3v) is 2.67. The quantitative estimate of drug-likeness (QED) is 0.817. The number of hydrogen-bond donors (Lipinski definition) is 1. The zero-order valence-corrected chi connectivity index (χ0v) is 9.49. The SMILES string of the molecule is Cc1ncn(CC=CCN)c(=O)c1Br. The lowest BCUT2D eigenvalue weighted by molar-refractivity contribution is 0.739. The first-order valence-electron chi connectivity index (χ1n) is 4.23. The van der Waals surface area contributed by atoms with Crippen molar-refractivity contribution in [2.75, 3.05) is 6.54 Å². The molecule has 0 bridgehead atoms. The minimum atomic E-state index is -0.0702. The highest BCUT2D eigenvalue weighted by Crippen LogP contribution is 2.05. The van der Waals surface area contributed by atoms with Crippen molar-refractivity contribution in [3.63, 3.8) is 0 Å². The summed E-state index contributed by atoms with van der Waals surface area (Å²) in [6.45, 7) is 2.77. The van der Waals surface area contributed by atoms with Crippen LogP contribution in [0.25, 0.3) is 0 Å². The highest BCUT2D eigenvalue weighted by molar-refractivity contribution is 9.10. The summed E-state index contributed by atoms with van der Waals surface area (Å²) in [5.74, 6) is 0. The molecule has 0 fully saturated rings. The fourth-order valence-corrected chi connectivity index (χ4v) is 1.29. The van der Waals surface area contributed by atoms with Crippen LogP contribution in [0.3, 0.4) is 0 Å². The molecule has 0 spiro atoms. The van der Waals surface area contributed by atoms with Crippen LogP contribution in [0, 0.1) is 6.92 Å². The van der Waals surface area contributed by atoms with Crippen LogP contribution in [0.4, 0.5) is 0 Å². The van der Waals surface area contributed by atoms with Gasteiger partial charge in [0.25, 0.3) is 5.56 Å². The third kappa shape index (κ3) is 2.52. The zero-order chi connectivity index (χ0) is 10.6. The average Bonchev–Trinajstić information content (AvgIpc) is 2.18. The van der Waals surface area contributed by atoms with Crippen LogP contribution >= 0.6 is 15.9 Å². The molecule has 0 atom stereocenters. The topological polar surface area (TPSA) is 60.9 Å². The molecule has 1 heterocycles. The molecule has 0 aromatic carbocycles. The van der Waals surface area contributed by atoms with E-state index in [1.54, 1.807) is 13.0 Å². The summed E-state index contributed by atoms with van der Waals surface area (Å²) in [7, 11) is 0. The summed E-state index contributed by atoms with van der Waals surface area (Å²) >= 11 is 3.19. The molecule has 0 amide bonds. The number of aryl methyl sites for hydroxylation is 1. The van der Waals surface area contributed by atoms with E-state index >= 15 is 0 Å². The highest BCUT2D eigenvalue weighted by Gasteiger charge is 2.03. The van der Waals surface area contributed by atoms with Gasteiger partial charge in [0, 0.05) is 13.1 Å². The van der Waals surface area contributed by atoms with Gasteiger partial charge in [0.15, 0.2) is 0 Å². The summed E-state index contributed by atoms with van der Waals surface area (Å²) in [6, 6.07) is 0. The third-order valence-electron chi connectivity index (χ3n) is 1.76. The summed E-state index contributed by atoms with van der Waals surface area (Å²) in [5, 5.41) is 0. The normalized spacial score (nSPS) is 11.1. The lowest BCUT2D eigenvalue weighted by Crippen LogP contribution is -2.21. The largest absolute Gasteiger partial charge is 0.327 e. The lowest BCUT2D eigenvalue weighted by atomic mass is 10.4. The standard InChI is InChI=1S/C9H12BrN3O/c1-7-8(10)9(14)13(6-12-7)5-3-2-4-11/h2-3,6H,4-5,11H2,1H3. The van der Waals surface area contributed by atoms with Crippen molar-refractivity contribution in [3.8, 4) is 0 Å². The first-order chi connectivity index (χ1) is 6.66. The van der Waals surface area contributed by atoms with E-state index in [1.165, 1.54) is 10.9 Å². The van der Waals surface area contributed by atoms with Crippen molar-refractivity contribution in [2.24, 2.45) is 5.73 Å². The number of nitrogens with two attached hydrogens (primary N) is 1. The molecular formula is C9H12BrN3O. The number of hydrogen-bond acceptors (Lipinski definition) is 3. The van der Waals surface area contributed by atoms with E-state index in [1.807, 2.05) is 6.08 Å². The molecule has 4 nitrogen and oxygen atoms in total. The van der Waals surface area contributed by atoms with Crippen LogP contribution in [0.15, 0.2) is 27.7 Å². The number of rotatable bonds is 3. The molecule has 14 heavy (non-hydrogen) atoms. The Bertz CT molecular complexity index is 398. The van der Waals surface area contributed by atoms with Crippen molar-refractivity contribution in [1.82, 2.24) is 9.55 Å². The Morgan fingerprint density at radius 3 is 3.00 bits per heavy atom. The molecule has 0 unspecified atom stereocenters. The molecule has 0 saturated carbocycles. The molecule has 0 aliphatic rings. The minimum Gasteiger partial charge on any atom is -0.327 e. The van der Waals surface area contributed by atoms with Gasteiger partial charge in [-0.05, 0) is 22.9 Å². The van der Waals surface area contributed by atoms with Gasteiger partial charge in [-0.25, -0.2) is 4.98 Å². The molecule has 1 aromatic heterocycles. The van der Waals surface area contributed by atoms with Gasteiger partial charge in [-0.3, -0.25) is 9.36 Å². The highest BCUT2D eigenvalue weighted by atomic mass is 79.9. The lowest BCUT2D eigenvalue weighted by Gasteiger charge is -2.03. The maximum atomic E-state index is 11.6. The maximum absolute atomic E-state index is 11.6. The van der Waals surface area contributed by atoms with Gasteiger partial charge < -0.3 is 5.73 Å². The van der Waals surface area contributed by atoms with E-state index in [2.05, 4.69) is 20.9 Å². The van der Waals surface area contributed by atoms with Crippen LogP contribution < -0.4 is 11.3 Å². The first kappa shape index (κ1) is 11.1. The predicted octanol–water partition coefficient (Wildman–Crippen LogP) is 0.829. The Kier molecular flexibility index (Phi) is 4.03. The molecule has 0 radical (unpaired) electrons. The molecule has 0 aliphatic carbocycles. The van der Waals surface area contributed by atoms with Crippen LogP contribution in [0.1, 0.15) is 5.69 Å². The maximum Gasteiger partial charge on any atom is 0.268 e. The Labute approximate surface area is 90.6 Å². The van der Waals surface area contributed by atoms with Gasteiger partial charge in [0.2, 0.25) is 0 Å². The number of allylic oxidation sites excluding steroid dienone is 1. The van der Waals surface area contributed by atoms with Crippen molar-refractivity contribution in [2.45, 2.75) is 13.5 Å². The average molecular weight is 258 g/mol. The van der Waals surface area contributed by atoms with Crippen LogP contribution in [-0.2, 0) is 6.54 Å². The predicted molar refractivity (Wildman–Crippen MR) is 59.1 cm³/mol. The van der Waals surface area contributed by atoms with Gasteiger partial charge in [0.05, 0.1) is 12.0 Å². The van der Waals surface area contributed by atoms with E-state index in [9.17, 15) is 4.79 Å². The van der Waals surface area contributed by atoms with Crippen molar-refractivity contribution in [3.05, 3.63) is 39.0 Å². The molecule has 1 aromatic rings. The van der Waals surface area contributed by atoms with Gasteiger partial charge in [-0.1, -0.05) is 12.2 Å². The van der Waals surface area contributed by atoms with E-state index in [4.69, 9.17) is 5.73 Å². The molecular weight excluding hydrogens is 246 g/mol. The van der Waals surface area contributed by atoms with Gasteiger partial charge in [-0.15, -0.1) is 0 Å². The summed E-state index contributed by atoms with van der Waals surface area (Å²) < 4.78 is 2.03. The molecule has 5 heteroatoms. The van der Waals surface area contributed by atoms with Crippen LogP contribution in [0.2, 0.25) is 0 Å². The number of halogens is 1. The number of nitrogens with zero attached hydrogens (tertiary/aromatic N) is 2. The number of aromatic nitrogens is 2. The zero-order valence-electron chi connectivity index (χ0n) is 7.90. The second kappa shape index (κ2) is 5.07. The molecule has 76 valence electrons.